The molecule has 0 nitrogen and oxygen atoms in total. The van der Waals surface area contributed by atoms with Gasteiger partial charge in [0.15, 0.2) is 0 Å². The molecule has 3 aromatic carbocycles. The third-order valence-electron chi connectivity index (χ3n) is 6.62. The van der Waals surface area contributed by atoms with E-state index in [4.69, 9.17) is 0 Å². The van der Waals surface area contributed by atoms with Crippen LogP contribution in [0.2, 0.25) is 0 Å². The zero-order valence-electron chi connectivity index (χ0n) is 15.8. The highest BCUT2D eigenvalue weighted by Gasteiger charge is 2.34. The van der Waals surface area contributed by atoms with Crippen molar-refractivity contribution in [2.24, 2.45) is 0 Å². The summed E-state index contributed by atoms with van der Waals surface area (Å²) in [6, 6.07) is 14.4. The van der Waals surface area contributed by atoms with Crippen LogP contribution in [0.25, 0.3) is 41.7 Å². The van der Waals surface area contributed by atoms with E-state index in [2.05, 4.69) is 64.0 Å². The molecule has 3 aromatic heterocycles. The molecule has 1 aliphatic carbocycles. The van der Waals surface area contributed by atoms with Crippen LogP contribution in [0.15, 0.2) is 73.8 Å². The van der Waals surface area contributed by atoms with Crippen molar-refractivity contribution in [2.45, 2.75) is 17.2 Å². The molecule has 0 saturated heterocycles. The van der Waals surface area contributed by atoms with Crippen molar-refractivity contribution in [2.75, 3.05) is 0 Å². The predicted octanol–water partition coefficient (Wildman–Crippen LogP) is 9.16. The zero-order valence-corrected chi connectivity index (χ0v) is 19.0. The molecule has 1 aliphatic heterocycles. The number of allylic oxidation sites excluding steroid dienone is 2. The van der Waals surface area contributed by atoms with Gasteiger partial charge in [0.2, 0.25) is 0 Å². The first-order valence-corrected chi connectivity index (χ1v) is 13.6. The number of benzene rings is 3. The van der Waals surface area contributed by atoms with Crippen LogP contribution in [0.4, 0.5) is 0 Å². The molecule has 8 rings (SSSR count). The van der Waals surface area contributed by atoms with Gasteiger partial charge < -0.3 is 0 Å². The molecule has 1 unspecified atom stereocenters. The Morgan fingerprint density at radius 3 is 2.37 bits per heavy atom. The monoisotopic (exact) mass is 454 g/mol. The predicted molar refractivity (Wildman–Crippen MR) is 136 cm³/mol. The second-order valence-electron chi connectivity index (χ2n) is 8.19. The molecule has 30 heavy (non-hydrogen) atoms. The van der Waals surface area contributed by atoms with Crippen molar-refractivity contribution in [3.8, 4) is 0 Å². The summed E-state index contributed by atoms with van der Waals surface area (Å²) in [5, 5.41) is 17.5. The Kier molecular flexibility index (Phi) is 3.19. The quantitative estimate of drug-likeness (QED) is 0.220. The Balaban J connectivity index is 1.44. The minimum Gasteiger partial charge on any atom is -0.151 e. The third-order valence-corrected chi connectivity index (χ3v) is 10.5. The summed E-state index contributed by atoms with van der Waals surface area (Å²) in [6.07, 6.45) is 3.54. The first kappa shape index (κ1) is 16.6. The maximum atomic E-state index is 2.50. The van der Waals surface area contributed by atoms with Crippen molar-refractivity contribution in [3.63, 3.8) is 0 Å². The maximum Gasteiger partial charge on any atom is 0.0414 e. The van der Waals surface area contributed by atoms with Crippen LogP contribution < -0.4 is 0 Å². The topological polar surface area (TPSA) is 0 Å². The van der Waals surface area contributed by atoms with E-state index in [0.29, 0.717) is 5.92 Å². The molecule has 0 N–H and O–H groups in total. The van der Waals surface area contributed by atoms with E-state index in [1.54, 1.807) is 28.2 Å². The lowest BCUT2D eigenvalue weighted by Crippen LogP contribution is -2.07. The van der Waals surface area contributed by atoms with Gasteiger partial charge in [0.05, 0.1) is 0 Å². The van der Waals surface area contributed by atoms with Crippen molar-refractivity contribution >= 4 is 87.5 Å². The van der Waals surface area contributed by atoms with Crippen LogP contribution in [0.1, 0.15) is 22.6 Å². The Bertz CT molecular complexity index is 1710. The van der Waals surface area contributed by atoms with Gasteiger partial charge in [-0.15, -0.1) is 11.3 Å². The average molecular weight is 455 g/mol. The van der Waals surface area contributed by atoms with E-state index in [1.165, 1.54) is 62.6 Å². The maximum absolute atomic E-state index is 2.50. The summed E-state index contributed by atoms with van der Waals surface area (Å²) in [6.45, 7) is 0. The molecular formula is C26H14S4. The van der Waals surface area contributed by atoms with Gasteiger partial charge in [0, 0.05) is 31.0 Å². The van der Waals surface area contributed by atoms with Crippen LogP contribution >= 0.6 is 45.8 Å². The van der Waals surface area contributed by atoms with Gasteiger partial charge in [0.25, 0.3) is 0 Å². The normalized spacial score (nSPS) is 17.6. The van der Waals surface area contributed by atoms with Crippen molar-refractivity contribution in [1.82, 2.24) is 0 Å². The van der Waals surface area contributed by atoms with Crippen molar-refractivity contribution < 1.29 is 0 Å². The standard InChI is InChI=1S/C26H14S4/c1-3-21-26(20-6-14-10-28-12-16(14)8-24(20)29-21)18-2-4-22-25(17(1)18)19-5-13-9-27-11-15(13)7-23(19)30-22/h1,3-12,25H,2H2. The fourth-order valence-electron chi connectivity index (χ4n) is 5.26. The summed E-state index contributed by atoms with van der Waals surface area (Å²) in [5.74, 6) is 0.405. The second-order valence-corrected chi connectivity index (χ2v) is 11.9. The summed E-state index contributed by atoms with van der Waals surface area (Å²) in [4.78, 5) is 2.97. The van der Waals surface area contributed by atoms with Gasteiger partial charge in [0.1, 0.15) is 0 Å². The molecule has 6 aromatic rings. The van der Waals surface area contributed by atoms with E-state index in [0.717, 1.165) is 6.42 Å². The lowest BCUT2D eigenvalue weighted by molar-refractivity contribution is 0.946. The first-order chi connectivity index (χ1) is 14.8. The summed E-state index contributed by atoms with van der Waals surface area (Å²) in [7, 11) is 0. The minimum atomic E-state index is 0.405. The second kappa shape index (κ2) is 5.77. The Morgan fingerprint density at radius 2 is 1.50 bits per heavy atom. The van der Waals surface area contributed by atoms with Crippen molar-refractivity contribution in [1.29, 1.82) is 0 Å². The van der Waals surface area contributed by atoms with Crippen LogP contribution in [-0.2, 0) is 6.42 Å². The van der Waals surface area contributed by atoms with Crippen LogP contribution in [0.3, 0.4) is 0 Å². The number of hydrogen-bond donors (Lipinski definition) is 0. The summed E-state index contributed by atoms with van der Waals surface area (Å²) < 4.78 is 2.84. The molecule has 142 valence electrons. The van der Waals surface area contributed by atoms with Gasteiger partial charge >= 0.3 is 0 Å². The summed E-state index contributed by atoms with van der Waals surface area (Å²) in [5.41, 5.74) is 4.56. The van der Waals surface area contributed by atoms with Gasteiger partial charge in [-0.2, -0.15) is 22.7 Å². The van der Waals surface area contributed by atoms with E-state index in [1.807, 2.05) is 23.1 Å². The molecule has 0 amide bonds. The Morgan fingerprint density at radius 1 is 0.733 bits per heavy atom. The smallest absolute Gasteiger partial charge is 0.0414 e. The third kappa shape index (κ3) is 2.08. The molecule has 0 fully saturated rings. The number of fused-ring (bicyclic) bond motifs is 11. The van der Waals surface area contributed by atoms with Crippen LogP contribution in [0.5, 0.6) is 0 Å². The van der Waals surface area contributed by atoms with E-state index in [9.17, 15) is 0 Å². The van der Waals surface area contributed by atoms with Gasteiger partial charge in [-0.1, -0.05) is 23.9 Å². The molecule has 4 heterocycles. The van der Waals surface area contributed by atoms with E-state index in [-0.39, 0.29) is 0 Å². The molecular weight excluding hydrogens is 441 g/mol. The fraction of sp³-hybridized carbons (Fsp3) is 0.0769. The molecule has 4 heteroatoms. The highest BCUT2D eigenvalue weighted by molar-refractivity contribution is 8.03. The zero-order chi connectivity index (χ0) is 19.4. The van der Waals surface area contributed by atoms with E-state index < -0.39 is 0 Å². The minimum absolute atomic E-state index is 0.405. The van der Waals surface area contributed by atoms with Gasteiger partial charge in [-0.25, -0.2) is 0 Å². The lowest BCUT2D eigenvalue weighted by Gasteiger charge is -2.23. The van der Waals surface area contributed by atoms with Crippen LogP contribution in [0, 0.1) is 0 Å². The molecule has 0 radical (unpaired) electrons. The lowest BCUT2D eigenvalue weighted by atomic mass is 9.81. The van der Waals surface area contributed by atoms with Crippen molar-refractivity contribution in [3.05, 3.63) is 85.6 Å². The summed E-state index contributed by atoms with van der Waals surface area (Å²) >= 11 is 7.54. The highest BCUT2D eigenvalue weighted by Crippen LogP contribution is 2.56. The molecule has 0 bridgehead atoms. The number of thiophene rings is 3. The molecule has 0 spiro atoms. The van der Waals surface area contributed by atoms with Gasteiger partial charge in [-0.05, 0) is 101 Å². The van der Waals surface area contributed by atoms with Gasteiger partial charge in [-0.3, -0.25) is 0 Å². The molecule has 2 aliphatic rings. The Labute approximate surface area is 189 Å². The fourth-order valence-corrected chi connectivity index (χ4v) is 9.24. The number of rotatable bonds is 0. The molecule has 0 saturated carbocycles. The SMILES string of the molecule is C1=C2Sc3cc4cscc4cc3C2c2ccc3sc4cc5cscc5cc4c3c2C1. The highest BCUT2D eigenvalue weighted by atomic mass is 32.2. The number of thioether (sulfide) groups is 1. The van der Waals surface area contributed by atoms with E-state index >= 15 is 0 Å². The van der Waals surface area contributed by atoms with Crippen LogP contribution in [-0.4, -0.2) is 0 Å². The number of hydrogen-bond acceptors (Lipinski definition) is 4. The first-order valence-electron chi connectivity index (χ1n) is 10.1. The average Bonchev–Trinajstić information content (AvgIpc) is 3.52. The Hall–Kier alpha value is -2.11. The largest absolute Gasteiger partial charge is 0.151 e. The molecule has 1 atom stereocenters.